The van der Waals surface area contributed by atoms with E-state index in [-0.39, 0.29) is 24.1 Å². The first-order chi connectivity index (χ1) is 8.88. The average Bonchev–Trinajstić information content (AvgIpc) is 2.38. The first kappa shape index (κ1) is 15.7. The van der Waals surface area contributed by atoms with Crippen molar-refractivity contribution in [1.82, 2.24) is 4.31 Å². The van der Waals surface area contributed by atoms with Gasteiger partial charge in [-0.2, -0.15) is 5.26 Å². The van der Waals surface area contributed by atoms with Gasteiger partial charge < -0.3 is 0 Å². The number of rotatable bonds is 6. The van der Waals surface area contributed by atoms with Crippen LogP contribution in [0.4, 0.5) is 0 Å². The summed E-state index contributed by atoms with van der Waals surface area (Å²) in [5.74, 6) is -0.00791. The highest BCUT2D eigenvalue weighted by atomic mass is 32.2. The predicted molar refractivity (Wildman–Crippen MR) is 76.1 cm³/mol. The minimum absolute atomic E-state index is 0.0588. The summed E-state index contributed by atoms with van der Waals surface area (Å²) < 4.78 is 25.8. The fourth-order valence-corrected chi connectivity index (χ4v) is 3.53. The van der Waals surface area contributed by atoms with Crippen molar-refractivity contribution in [2.45, 2.75) is 32.2 Å². The third kappa shape index (κ3) is 4.34. The van der Waals surface area contributed by atoms with Crippen molar-refractivity contribution in [3.05, 3.63) is 35.9 Å². The highest BCUT2D eigenvalue weighted by Gasteiger charge is 2.25. The SMILES string of the molecule is C[C@H](CC#N)N(C)S(=O)(=O)C[C@H](C)c1ccccc1. The number of hydrogen-bond acceptors (Lipinski definition) is 3. The Hall–Kier alpha value is -1.38. The molecule has 0 aromatic heterocycles. The summed E-state index contributed by atoms with van der Waals surface area (Å²) in [4.78, 5) is 0. The number of hydrogen-bond donors (Lipinski definition) is 0. The Balaban J connectivity index is 2.78. The van der Waals surface area contributed by atoms with Gasteiger partial charge in [-0.25, -0.2) is 12.7 Å². The Bertz CT molecular complexity index is 534. The summed E-state index contributed by atoms with van der Waals surface area (Å²) in [5.41, 5.74) is 1.01. The van der Waals surface area contributed by atoms with Gasteiger partial charge in [0.15, 0.2) is 0 Å². The van der Waals surface area contributed by atoms with Crippen molar-refractivity contribution in [3.63, 3.8) is 0 Å². The molecule has 104 valence electrons. The van der Waals surface area contributed by atoms with Gasteiger partial charge in [0.25, 0.3) is 0 Å². The van der Waals surface area contributed by atoms with E-state index in [1.807, 2.05) is 43.3 Å². The fourth-order valence-electron chi connectivity index (χ4n) is 1.85. The highest BCUT2D eigenvalue weighted by Crippen LogP contribution is 2.19. The predicted octanol–water partition coefficient (Wildman–Crippen LogP) is 2.35. The molecule has 0 heterocycles. The Morgan fingerprint density at radius 1 is 1.26 bits per heavy atom. The molecular formula is C14H20N2O2S. The van der Waals surface area contributed by atoms with Gasteiger partial charge >= 0.3 is 0 Å². The zero-order chi connectivity index (χ0) is 14.5. The summed E-state index contributed by atoms with van der Waals surface area (Å²) in [7, 11) is -1.81. The van der Waals surface area contributed by atoms with Crippen LogP contribution in [0.2, 0.25) is 0 Å². The van der Waals surface area contributed by atoms with E-state index in [0.29, 0.717) is 0 Å². The Morgan fingerprint density at radius 3 is 2.37 bits per heavy atom. The van der Waals surface area contributed by atoms with E-state index in [2.05, 4.69) is 0 Å². The van der Waals surface area contributed by atoms with Crippen molar-refractivity contribution in [1.29, 1.82) is 5.26 Å². The Kier molecular flexibility index (Phi) is 5.52. The molecule has 2 atom stereocenters. The lowest BCUT2D eigenvalue weighted by Gasteiger charge is -2.24. The maximum absolute atomic E-state index is 12.2. The molecule has 0 unspecified atom stereocenters. The molecule has 0 saturated carbocycles. The third-order valence-electron chi connectivity index (χ3n) is 3.28. The van der Waals surface area contributed by atoms with Crippen molar-refractivity contribution < 1.29 is 8.42 Å². The van der Waals surface area contributed by atoms with Crippen molar-refractivity contribution in [3.8, 4) is 6.07 Å². The second-order valence-corrected chi connectivity index (χ2v) is 6.89. The largest absolute Gasteiger partial charge is 0.214 e. The molecular weight excluding hydrogens is 260 g/mol. The fraction of sp³-hybridized carbons (Fsp3) is 0.500. The highest BCUT2D eigenvalue weighted by molar-refractivity contribution is 7.89. The van der Waals surface area contributed by atoms with E-state index in [1.54, 1.807) is 6.92 Å². The van der Waals surface area contributed by atoms with E-state index in [0.717, 1.165) is 5.56 Å². The van der Waals surface area contributed by atoms with Gasteiger partial charge in [0.1, 0.15) is 0 Å². The van der Waals surface area contributed by atoms with Gasteiger partial charge in [0, 0.05) is 13.1 Å². The van der Waals surface area contributed by atoms with E-state index in [1.165, 1.54) is 11.4 Å². The maximum Gasteiger partial charge on any atom is 0.214 e. The molecule has 0 N–H and O–H groups in total. The normalized spacial score (nSPS) is 14.9. The summed E-state index contributed by atoms with van der Waals surface area (Å²) in [6.45, 7) is 3.64. The zero-order valence-corrected chi connectivity index (χ0v) is 12.4. The molecule has 0 radical (unpaired) electrons. The van der Waals surface area contributed by atoms with E-state index >= 15 is 0 Å². The molecule has 0 saturated heterocycles. The number of nitriles is 1. The van der Waals surface area contributed by atoms with Crippen LogP contribution in [0.5, 0.6) is 0 Å². The quantitative estimate of drug-likeness (QED) is 0.803. The van der Waals surface area contributed by atoms with Gasteiger partial charge in [0.05, 0.1) is 18.2 Å². The Labute approximate surface area is 115 Å². The molecule has 0 amide bonds. The second kappa shape index (κ2) is 6.69. The average molecular weight is 280 g/mol. The van der Waals surface area contributed by atoms with Crippen LogP contribution in [0.3, 0.4) is 0 Å². The van der Waals surface area contributed by atoms with E-state index < -0.39 is 10.0 Å². The van der Waals surface area contributed by atoms with Crippen molar-refractivity contribution in [2.75, 3.05) is 12.8 Å². The molecule has 19 heavy (non-hydrogen) atoms. The number of sulfonamides is 1. The Morgan fingerprint density at radius 2 is 1.84 bits per heavy atom. The number of nitrogens with zero attached hydrogens (tertiary/aromatic N) is 2. The van der Waals surface area contributed by atoms with Crippen LogP contribution in [-0.2, 0) is 10.0 Å². The molecule has 4 nitrogen and oxygen atoms in total. The molecule has 0 aliphatic carbocycles. The molecule has 1 rings (SSSR count). The lowest BCUT2D eigenvalue weighted by Crippen LogP contribution is -2.37. The molecule has 0 fully saturated rings. The van der Waals surface area contributed by atoms with Crippen LogP contribution >= 0.6 is 0 Å². The third-order valence-corrected chi connectivity index (χ3v) is 5.43. The topological polar surface area (TPSA) is 61.2 Å². The van der Waals surface area contributed by atoms with Gasteiger partial charge in [-0.05, 0) is 18.4 Å². The summed E-state index contributed by atoms with van der Waals surface area (Å²) in [5, 5.41) is 8.64. The minimum atomic E-state index is -3.35. The van der Waals surface area contributed by atoms with Crippen LogP contribution in [0.25, 0.3) is 0 Å². The smallest absolute Gasteiger partial charge is 0.212 e. The van der Waals surface area contributed by atoms with Crippen molar-refractivity contribution >= 4 is 10.0 Å². The lowest BCUT2D eigenvalue weighted by molar-refractivity contribution is 0.391. The molecule has 1 aromatic carbocycles. The standard InChI is InChI=1S/C14H20N2O2S/c1-12(14-7-5-4-6-8-14)11-19(17,18)16(3)13(2)9-10-15/h4-8,12-13H,9,11H2,1-3H3/t12-,13+/m0/s1. The van der Waals surface area contributed by atoms with Gasteiger partial charge in [-0.3, -0.25) is 0 Å². The first-order valence-corrected chi connectivity index (χ1v) is 7.87. The summed E-state index contributed by atoms with van der Waals surface area (Å²) in [6, 6.07) is 11.3. The molecule has 1 aromatic rings. The van der Waals surface area contributed by atoms with Gasteiger partial charge in [-0.1, -0.05) is 37.3 Å². The lowest BCUT2D eigenvalue weighted by atomic mass is 10.0. The molecule has 0 aliphatic heterocycles. The molecule has 5 heteroatoms. The minimum Gasteiger partial charge on any atom is -0.212 e. The maximum atomic E-state index is 12.2. The van der Waals surface area contributed by atoms with Crippen LogP contribution in [-0.4, -0.2) is 31.6 Å². The van der Waals surface area contributed by atoms with Crippen LogP contribution in [0.1, 0.15) is 31.7 Å². The van der Waals surface area contributed by atoms with Crippen LogP contribution in [0.15, 0.2) is 30.3 Å². The van der Waals surface area contributed by atoms with Crippen LogP contribution < -0.4 is 0 Å². The summed E-state index contributed by atoms with van der Waals surface area (Å²) >= 11 is 0. The first-order valence-electron chi connectivity index (χ1n) is 6.26. The second-order valence-electron chi connectivity index (χ2n) is 4.82. The monoisotopic (exact) mass is 280 g/mol. The zero-order valence-electron chi connectivity index (χ0n) is 11.6. The summed E-state index contributed by atoms with van der Waals surface area (Å²) in [6.07, 6.45) is 0.204. The number of benzene rings is 1. The molecule has 0 aliphatic rings. The van der Waals surface area contributed by atoms with E-state index in [4.69, 9.17) is 5.26 Å². The van der Waals surface area contributed by atoms with Crippen molar-refractivity contribution in [2.24, 2.45) is 0 Å². The molecule has 0 spiro atoms. The van der Waals surface area contributed by atoms with Gasteiger partial charge in [0.2, 0.25) is 10.0 Å². The van der Waals surface area contributed by atoms with Gasteiger partial charge in [-0.15, -0.1) is 0 Å². The van der Waals surface area contributed by atoms with Crippen LogP contribution in [0, 0.1) is 11.3 Å². The van der Waals surface area contributed by atoms with E-state index in [9.17, 15) is 8.42 Å². The molecule has 0 bridgehead atoms.